The van der Waals surface area contributed by atoms with Crippen molar-refractivity contribution in [3.05, 3.63) is 36.7 Å². The Morgan fingerprint density at radius 3 is 2.00 bits per heavy atom. The standard InChI is InChI=1S/C12H10N.C5H5.Fe/c1-10(11-6-2-3-7-11)12-8-4-5-9-13-12;1-2-4-5-3-1;/h2-9H,1H2;1-5H;. The van der Waals surface area contributed by atoms with Gasteiger partial charge < -0.3 is 0 Å². The Kier molecular flexibility index (Phi) is 0.218. The summed E-state index contributed by atoms with van der Waals surface area (Å²) in [5.74, 6) is 0. The molecule has 10 fully saturated rings. The molecule has 1 aromatic rings. The first kappa shape index (κ1) is 6.91. The molecule has 96 valence electrons. The second-order valence-corrected chi connectivity index (χ2v) is 34.9. The van der Waals surface area contributed by atoms with Gasteiger partial charge in [-0.2, -0.15) is 0 Å². The Labute approximate surface area is 101 Å². The summed E-state index contributed by atoms with van der Waals surface area (Å²) in [6.45, 7) is 1.72. The van der Waals surface area contributed by atoms with E-state index in [0.717, 1.165) is 4.31 Å². The van der Waals surface area contributed by atoms with Gasteiger partial charge >= 0.3 is 101 Å². The molecule has 1 nitrogen and oxygen atoms in total. The van der Waals surface area contributed by atoms with Gasteiger partial charge in [-0.15, -0.1) is 0 Å². The zero-order valence-corrected chi connectivity index (χ0v) is 11.6. The van der Waals surface area contributed by atoms with Crippen LogP contribution in [0.3, 0.4) is 0 Å². The molecular weight excluding hydrogens is 274 g/mol. The molecule has 10 aliphatic rings. The Balaban J connectivity index is 1.45. The summed E-state index contributed by atoms with van der Waals surface area (Å²) >= 11 is 0. The van der Waals surface area contributed by atoms with Gasteiger partial charge in [-0.3, -0.25) is 0 Å². The Hall–Kier alpha value is -0.591. The van der Waals surface area contributed by atoms with Gasteiger partial charge in [0.2, 0.25) is 0 Å². The van der Waals surface area contributed by atoms with E-state index in [2.05, 4.69) is 24.8 Å². The normalized spacial score (nSPS) is 107. The number of hydrogen-bond donors (Lipinski definition) is 0. The number of nitrogens with zero attached hydrogens (tertiary/aromatic N) is 1. The molecule has 0 amide bonds. The fourth-order valence-electron chi connectivity index (χ4n) is 17.8. The molecule has 0 radical (unpaired) electrons. The minimum atomic E-state index is -2.97. The summed E-state index contributed by atoms with van der Waals surface area (Å²) in [7, 11) is 0. The van der Waals surface area contributed by atoms with Gasteiger partial charge in [0.15, 0.2) is 0 Å². The van der Waals surface area contributed by atoms with E-state index < -0.39 is 6.51 Å². The van der Waals surface area contributed by atoms with E-state index in [1.165, 1.54) is 49.0 Å². The first-order valence-corrected chi connectivity index (χ1v) is 14.2. The minimum absolute atomic E-state index is 0.799. The molecule has 2 heteroatoms. The molecule has 11 heterocycles. The summed E-state index contributed by atoms with van der Waals surface area (Å²) in [5.41, 5.74) is 2.84. The van der Waals surface area contributed by atoms with E-state index in [1.54, 1.807) is 5.57 Å². The Bertz CT molecular complexity index is 1120. The average molecular weight is 289 g/mol. The molecule has 0 saturated carbocycles. The van der Waals surface area contributed by atoms with Crippen LogP contribution in [-0.4, -0.2) is 4.98 Å². The van der Waals surface area contributed by atoms with Crippen LogP contribution in [0.25, 0.3) is 5.57 Å². The van der Waals surface area contributed by atoms with Crippen molar-refractivity contribution >= 4 is 5.57 Å². The van der Waals surface area contributed by atoms with Gasteiger partial charge in [-0.05, 0) is 0 Å². The molecule has 1 aromatic heterocycles. The molecule has 4 atom stereocenters. The third-order valence-electron chi connectivity index (χ3n) is 16.1. The molecule has 11 rings (SSSR count). The van der Waals surface area contributed by atoms with Crippen molar-refractivity contribution in [3.8, 4) is 0 Å². The van der Waals surface area contributed by atoms with Crippen molar-refractivity contribution in [2.45, 2.75) is 47.7 Å². The van der Waals surface area contributed by atoms with E-state index in [9.17, 15) is 0 Å². The van der Waals surface area contributed by atoms with Crippen LogP contribution in [0, 0.1) is 0 Å². The van der Waals surface area contributed by atoms with Crippen molar-refractivity contribution in [2.24, 2.45) is 0 Å². The van der Waals surface area contributed by atoms with E-state index in [-0.39, 0.29) is 0 Å². The molecule has 0 bridgehead atoms. The fourth-order valence-corrected chi connectivity index (χ4v) is 92.1. The van der Waals surface area contributed by atoms with Gasteiger partial charge in [-0.1, -0.05) is 0 Å². The molecular formula is C17H15FeN. The van der Waals surface area contributed by atoms with Gasteiger partial charge in [0.1, 0.15) is 0 Å². The number of rotatable bonds is 2. The third-order valence-corrected chi connectivity index (χ3v) is 58.5. The molecule has 19 heavy (non-hydrogen) atoms. The van der Waals surface area contributed by atoms with E-state index in [4.69, 9.17) is 4.98 Å². The zero-order chi connectivity index (χ0) is 11.7. The van der Waals surface area contributed by atoms with Crippen molar-refractivity contribution in [2.75, 3.05) is 0 Å². The fraction of sp³-hybridized carbons (Fsp3) is 0.588. The van der Waals surface area contributed by atoms with Gasteiger partial charge in [-0.25, -0.2) is 0 Å². The number of hydrogen-bond acceptors (Lipinski definition) is 1. The van der Waals surface area contributed by atoms with Crippen LogP contribution in [-0.2, 0) is 6.51 Å². The van der Waals surface area contributed by atoms with Crippen molar-refractivity contribution in [1.29, 1.82) is 0 Å². The summed E-state index contributed by atoms with van der Waals surface area (Å²) < 4.78 is 0.799. The van der Waals surface area contributed by atoms with Gasteiger partial charge in [0, 0.05) is 0 Å². The number of fused-ring (bicyclic) bond motifs is 10. The first-order valence-electron chi connectivity index (χ1n) is 7.88. The van der Waals surface area contributed by atoms with E-state index in [1.807, 2.05) is 6.20 Å². The summed E-state index contributed by atoms with van der Waals surface area (Å²) in [5, 5.41) is 0. The molecule has 1 spiro atoms. The van der Waals surface area contributed by atoms with Crippen molar-refractivity contribution in [3.63, 3.8) is 0 Å². The van der Waals surface area contributed by atoms with E-state index >= 15 is 0 Å². The van der Waals surface area contributed by atoms with Crippen LogP contribution >= 0.6 is 0 Å². The number of pyridine rings is 1. The van der Waals surface area contributed by atoms with Gasteiger partial charge in [0.25, 0.3) is 0 Å². The van der Waals surface area contributed by atoms with Crippen LogP contribution in [0.5, 0.6) is 0 Å². The molecule has 10 saturated heterocycles. The molecule has 0 N–H and O–H groups in total. The predicted molar refractivity (Wildman–Crippen MR) is 69.7 cm³/mol. The topological polar surface area (TPSA) is 12.9 Å². The molecule has 0 aliphatic carbocycles. The monoisotopic (exact) mass is 289 g/mol. The van der Waals surface area contributed by atoms with Gasteiger partial charge in [0.05, 0.1) is 0 Å². The second kappa shape index (κ2) is 0.600. The molecule has 0 aromatic carbocycles. The maximum atomic E-state index is 4.69. The van der Waals surface area contributed by atoms with Crippen molar-refractivity contribution in [1.82, 2.24) is 4.98 Å². The summed E-state index contributed by atoms with van der Waals surface area (Å²) in [6.07, 6.45) is 1.98. The van der Waals surface area contributed by atoms with Crippen LogP contribution in [0.4, 0.5) is 0 Å². The van der Waals surface area contributed by atoms with Crippen LogP contribution in [0.1, 0.15) is 5.69 Å². The van der Waals surface area contributed by atoms with E-state index in [0.29, 0.717) is 0 Å². The van der Waals surface area contributed by atoms with Crippen molar-refractivity contribution < 1.29 is 6.51 Å². The van der Waals surface area contributed by atoms with Crippen LogP contribution < -0.4 is 0 Å². The predicted octanol–water partition coefficient (Wildman–Crippen LogP) is 4.85. The SMILES string of the molecule is C=C(c1ccccn1)[C]12[CH]3[CH]4[CH]5[CH]1[Fe]45321678[CH]2[CH]1[CH]6[CH]7[CH]28. The van der Waals surface area contributed by atoms with Crippen LogP contribution in [0.15, 0.2) is 31.0 Å². The molecule has 10 aliphatic heterocycles. The number of allylic oxidation sites excluding steroid dienone is 1. The zero-order valence-electron chi connectivity index (χ0n) is 10.5. The average Bonchev–Trinajstić information content (AvgIpc) is 3.39. The first-order chi connectivity index (χ1) is 9.06. The van der Waals surface area contributed by atoms with Crippen LogP contribution in [0.2, 0.25) is 47.7 Å². The third kappa shape index (κ3) is 0.0779. The molecule has 4 unspecified atom stereocenters. The Morgan fingerprint density at radius 1 is 1.00 bits per heavy atom. The Morgan fingerprint density at radius 2 is 1.63 bits per heavy atom. The maximum absolute atomic E-state index is 4.69. The summed E-state index contributed by atoms with van der Waals surface area (Å²) in [6, 6.07) is 6.46. The second-order valence-electron chi connectivity index (χ2n) is 11.4. The number of aromatic nitrogens is 1. The quantitative estimate of drug-likeness (QED) is 0.709. The summed E-state index contributed by atoms with van der Waals surface area (Å²) in [4.78, 5) is 17.1.